The Labute approximate surface area is 119 Å². The third kappa shape index (κ3) is 3.53. The fraction of sp³-hybridized carbons (Fsp3) is 0.133. The average Bonchev–Trinajstić information content (AvgIpc) is 2.44. The fourth-order valence-corrected chi connectivity index (χ4v) is 1.87. The average molecular weight is 294 g/mol. The van der Waals surface area contributed by atoms with Crippen LogP contribution in [-0.2, 0) is 6.54 Å². The number of benzene rings is 2. The summed E-state index contributed by atoms with van der Waals surface area (Å²) < 4.78 is 40.1. The highest BCUT2D eigenvalue weighted by atomic mass is 19.1. The van der Waals surface area contributed by atoms with Gasteiger partial charge >= 0.3 is 0 Å². The Balaban J connectivity index is 2.10. The summed E-state index contributed by atoms with van der Waals surface area (Å²) in [6, 6.07) is 7.58. The smallest absolute Gasteiger partial charge is 0.251 e. The lowest BCUT2D eigenvalue weighted by atomic mass is 10.1. The monoisotopic (exact) mass is 294 g/mol. The molecule has 2 rings (SSSR count). The minimum atomic E-state index is -0.853. The van der Waals surface area contributed by atoms with Gasteiger partial charge in [-0.25, -0.2) is 13.2 Å². The number of amides is 1. The molecule has 0 aliphatic rings. The van der Waals surface area contributed by atoms with Crippen molar-refractivity contribution in [3.63, 3.8) is 0 Å². The molecule has 0 heterocycles. The van der Waals surface area contributed by atoms with Gasteiger partial charge in [0.1, 0.15) is 23.1 Å². The summed E-state index contributed by atoms with van der Waals surface area (Å²) >= 11 is 0. The summed E-state index contributed by atoms with van der Waals surface area (Å²) in [5.74, 6) is -2.77. The van der Waals surface area contributed by atoms with E-state index in [9.17, 15) is 18.0 Å². The molecule has 0 spiro atoms. The van der Waals surface area contributed by atoms with Crippen LogP contribution in [0.3, 0.4) is 0 Å². The summed E-state index contributed by atoms with van der Waals surface area (Å²) in [4.78, 5) is 11.8. The molecule has 0 aromatic heterocycles. The molecule has 0 saturated heterocycles. The molecule has 0 aliphatic heterocycles. The molecule has 2 aromatic carbocycles. The maximum absolute atomic E-state index is 13.6. The van der Waals surface area contributed by atoms with Crippen LogP contribution in [0.4, 0.5) is 18.9 Å². The van der Waals surface area contributed by atoms with E-state index in [0.717, 1.165) is 12.1 Å². The number of carbonyl (C=O) groups excluding carboxylic acids is 1. The topological polar surface area (TPSA) is 41.1 Å². The second kappa shape index (κ2) is 6.30. The molecule has 0 unspecified atom stereocenters. The van der Waals surface area contributed by atoms with E-state index in [1.165, 1.54) is 25.2 Å². The Morgan fingerprint density at radius 3 is 2.33 bits per heavy atom. The van der Waals surface area contributed by atoms with Crippen molar-refractivity contribution < 1.29 is 18.0 Å². The predicted molar refractivity (Wildman–Crippen MR) is 73.5 cm³/mol. The third-order valence-electron chi connectivity index (χ3n) is 2.90. The molecule has 110 valence electrons. The zero-order valence-electron chi connectivity index (χ0n) is 11.2. The quantitative estimate of drug-likeness (QED) is 0.910. The highest BCUT2D eigenvalue weighted by Crippen LogP contribution is 2.20. The molecule has 0 bridgehead atoms. The maximum atomic E-state index is 13.6. The van der Waals surface area contributed by atoms with Gasteiger partial charge in [-0.2, -0.15) is 0 Å². The highest BCUT2D eigenvalue weighted by Gasteiger charge is 2.14. The van der Waals surface area contributed by atoms with Crippen molar-refractivity contribution in [2.75, 3.05) is 12.4 Å². The highest BCUT2D eigenvalue weighted by molar-refractivity contribution is 5.94. The molecule has 0 fully saturated rings. The van der Waals surface area contributed by atoms with Crippen LogP contribution in [-0.4, -0.2) is 13.0 Å². The van der Waals surface area contributed by atoms with Crippen molar-refractivity contribution in [3.05, 3.63) is 65.0 Å². The number of anilines is 1. The minimum absolute atomic E-state index is 0.0631. The van der Waals surface area contributed by atoms with Crippen molar-refractivity contribution in [2.24, 2.45) is 0 Å². The summed E-state index contributed by atoms with van der Waals surface area (Å²) in [6.45, 7) is 0.0631. The molecule has 1 amide bonds. The van der Waals surface area contributed by atoms with Gasteiger partial charge in [0.05, 0.1) is 0 Å². The van der Waals surface area contributed by atoms with E-state index in [0.29, 0.717) is 5.56 Å². The number of halogens is 3. The van der Waals surface area contributed by atoms with Gasteiger partial charge in [0.25, 0.3) is 5.91 Å². The second-order valence-electron chi connectivity index (χ2n) is 4.38. The van der Waals surface area contributed by atoms with Crippen molar-refractivity contribution in [3.8, 4) is 0 Å². The number of hydrogen-bond acceptors (Lipinski definition) is 2. The lowest BCUT2D eigenvalue weighted by Crippen LogP contribution is -2.23. The van der Waals surface area contributed by atoms with Gasteiger partial charge in [-0.05, 0) is 29.8 Å². The zero-order chi connectivity index (χ0) is 15.4. The Morgan fingerprint density at radius 1 is 1.10 bits per heavy atom. The zero-order valence-corrected chi connectivity index (χ0v) is 11.2. The molecule has 21 heavy (non-hydrogen) atoms. The normalized spacial score (nSPS) is 10.3. The van der Waals surface area contributed by atoms with Crippen molar-refractivity contribution >= 4 is 11.6 Å². The maximum Gasteiger partial charge on any atom is 0.251 e. The first-order valence-electron chi connectivity index (χ1n) is 6.20. The van der Waals surface area contributed by atoms with Crippen LogP contribution in [0.5, 0.6) is 0 Å². The Kier molecular flexibility index (Phi) is 4.47. The SMILES string of the molecule is CNc1c(F)cc(C(=O)NCc2cccc(F)c2)cc1F. The van der Waals surface area contributed by atoms with Gasteiger partial charge in [0.2, 0.25) is 0 Å². The third-order valence-corrected chi connectivity index (χ3v) is 2.90. The largest absolute Gasteiger partial charge is 0.383 e. The molecule has 2 aromatic rings. The van der Waals surface area contributed by atoms with Crippen LogP contribution in [0.15, 0.2) is 36.4 Å². The summed E-state index contributed by atoms with van der Waals surface area (Å²) in [6.07, 6.45) is 0. The second-order valence-corrected chi connectivity index (χ2v) is 4.38. The summed E-state index contributed by atoms with van der Waals surface area (Å²) in [7, 11) is 1.38. The minimum Gasteiger partial charge on any atom is -0.383 e. The predicted octanol–water partition coefficient (Wildman–Crippen LogP) is 3.08. The van der Waals surface area contributed by atoms with Gasteiger partial charge in [-0.1, -0.05) is 12.1 Å². The number of hydrogen-bond donors (Lipinski definition) is 2. The van der Waals surface area contributed by atoms with Crippen molar-refractivity contribution in [2.45, 2.75) is 6.54 Å². The fourth-order valence-electron chi connectivity index (χ4n) is 1.87. The van der Waals surface area contributed by atoms with E-state index >= 15 is 0 Å². The molecule has 6 heteroatoms. The molecule has 3 nitrogen and oxygen atoms in total. The van der Waals surface area contributed by atoms with Crippen LogP contribution >= 0.6 is 0 Å². The number of nitrogens with one attached hydrogen (secondary N) is 2. The number of carbonyl (C=O) groups is 1. The van der Waals surface area contributed by atoms with Crippen LogP contribution < -0.4 is 10.6 Å². The molecule has 0 radical (unpaired) electrons. The van der Waals surface area contributed by atoms with Gasteiger partial charge in [-0.3, -0.25) is 4.79 Å². The van der Waals surface area contributed by atoms with Gasteiger partial charge in [0.15, 0.2) is 0 Å². The van der Waals surface area contributed by atoms with E-state index < -0.39 is 23.4 Å². The Bertz CT molecular complexity index is 651. The van der Waals surface area contributed by atoms with E-state index in [1.54, 1.807) is 6.07 Å². The van der Waals surface area contributed by atoms with E-state index in [4.69, 9.17) is 0 Å². The molecular weight excluding hydrogens is 281 g/mol. The van der Waals surface area contributed by atoms with Crippen LogP contribution in [0.25, 0.3) is 0 Å². The van der Waals surface area contributed by atoms with E-state index in [1.807, 2.05) is 0 Å². The van der Waals surface area contributed by atoms with Gasteiger partial charge in [0, 0.05) is 19.2 Å². The summed E-state index contributed by atoms with van der Waals surface area (Å²) in [5, 5.41) is 4.85. The van der Waals surface area contributed by atoms with E-state index in [-0.39, 0.29) is 17.8 Å². The molecule has 0 aliphatic carbocycles. The first kappa shape index (κ1) is 14.9. The number of rotatable bonds is 4. The van der Waals surface area contributed by atoms with Crippen molar-refractivity contribution in [1.29, 1.82) is 0 Å². The molecular formula is C15H13F3N2O. The Morgan fingerprint density at radius 2 is 1.76 bits per heavy atom. The first-order valence-corrected chi connectivity index (χ1v) is 6.20. The first-order chi connectivity index (χ1) is 10.0. The molecule has 2 N–H and O–H groups in total. The van der Waals surface area contributed by atoms with E-state index in [2.05, 4.69) is 10.6 Å². The lowest BCUT2D eigenvalue weighted by Gasteiger charge is -2.08. The van der Waals surface area contributed by atoms with Gasteiger partial charge < -0.3 is 10.6 Å². The van der Waals surface area contributed by atoms with Crippen LogP contribution in [0.1, 0.15) is 15.9 Å². The van der Waals surface area contributed by atoms with Gasteiger partial charge in [-0.15, -0.1) is 0 Å². The standard InChI is InChI=1S/C15H13F3N2O/c1-19-14-12(17)6-10(7-13(14)18)15(21)20-8-9-3-2-4-11(16)5-9/h2-7,19H,8H2,1H3,(H,20,21). The molecule has 0 atom stereocenters. The van der Waals surface area contributed by atoms with Crippen LogP contribution in [0, 0.1) is 17.5 Å². The lowest BCUT2D eigenvalue weighted by molar-refractivity contribution is 0.0950. The summed E-state index contributed by atoms with van der Waals surface area (Å²) in [5.41, 5.74) is 0.119. The van der Waals surface area contributed by atoms with Crippen molar-refractivity contribution in [1.82, 2.24) is 5.32 Å². The molecule has 0 saturated carbocycles. The van der Waals surface area contributed by atoms with Crippen LogP contribution in [0.2, 0.25) is 0 Å². The Hall–Kier alpha value is -2.50.